The third-order valence-corrected chi connectivity index (χ3v) is 4.49. The van der Waals surface area contributed by atoms with Crippen LogP contribution in [0.5, 0.6) is 0 Å². The minimum absolute atomic E-state index is 0.423. The summed E-state index contributed by atoms with van der Waals surface area (Å²) in [5.41, 5.74) is 2.66. The Morgan fingerprint density at radius 2 is 1.95 bits per heavy atom. The molecule has 1 N–H and O–H groups in total. The van der Waals surface area contributed by atoms with Crippen molar-refractivity contribution in [3.8, 4) is 0 Å². The summed E-state index contributed by atoms with van der Waals surface area (Å²) in [5, 5.41) is 4.54. The average molecular weight is 295 g/mol. The summed E-state index contributed by atoms with van der Waals surface area (Å²) < 4.78 is 0. The highest BCUT2D eigenvalue weighted by atomic mass is 35.5. The van der Waals surface area contributed by atoms with Gasteiger partial charge in [-0.1, -0.05) is 38.4 Å². The maximum atomic E-state index is 6.35. The van der Waals surface area contributed by atoms with E-state index < -0.39 is 0 Å². The first-order valence-electron chi connectivity index (χ1n) is 7.51. The molecule has 2 rings (SSSR count). The number of nitrogens with one attached hydrogen (secondary N) is 1. The maximum absolute atomic E-state index is 6.35. The number of para-hydroxylation sites is 1. The summed E-state index contributed by atoms with van der Waals surface area (Å²) in [6, 6.07) is 6.64. The molecule has 0 aliphatic heterocycles. The lowest BCUT2D eigenvalue weighted by Crippen LogP contribution is -2.35. The second-order valence-electron chi connectivity index (χ2n) is 7.29. The maximum Gasteiger partial charge on any atom is 0.0786 e. The van der Waals surface area contributed by atoms with Crippen LogP contribution in [0.3, 0.4) is 0 Å². The fourth-order valence-corrected chi connectivity index (χ4v) is 4.11. The molecule has 1 aliphatic carbocycles. The van der Waals surface area contributed by atoms with Crippen molar-refractivity contribution < 1.29 is 0 Å². The van der Waals surface area contributed by atoms with E-state index >= 15 is 0 Å². The van der Waals surface area contributed by atoms with Crippen LogP contribution in [0.1, 0.15) is 40.0 Å². The van der Waals surface area contributed by atoms with Gasteiger partial charge >= 0.3 is 0 Å². The fourth-order valence-electron chi connectivity index (χ4n) is 3.76. The van der Waals surface area contributed by atoms with E-state index in [0.29, 0.717) is 11.5 Å². The molecular weight excluding hydrogens is 268 g/mol. The lowest BCUT2D eigenvalue weighted by molar-refractivity contribution is 0.178. The van der Waals surface area contributed by atoms with Crippen molar-refractivity contribution >= 4 is 23.0 Å². The summed E-state index contributed by atoms with van der Waals surface area (Å²) in [6.45, 7) is 7.12. The van der Waals surface area contributed by atoms with Crippen molar-refractivity contribution in [2.45, 2.75) is 46.1 Å². The van der Waals surface area contributed by atoms with Crippen molar-refractivity contribution in [1.29, 1.82) is 0 Å². The molecule has 112 valence electrons. The lowest BCUT2D eigenvalue weighted by atomic mass is 9.70. The molecule has 0 spiro atoms. The molecule has 1 aromatic carbocycles. The van der Waals surface area contributed by atoms with Gasteiger partial charge in [0.15, 0.2) is 0 Å². The van der Waals surface area contributed by atoms with Gasteiger partial charge in [-0.2, -0.15) is 0 Å². The second kappa shape index (κ2) is 5.85. The van der Waals surface area contributed by atoms with Gasteiger partial charge in [-0.05, 0) is 42.7 Å². The molecule has 1 aromatic rings. The smallest absolute Gasteiger partial charge is 0.0786 e. The first kappa shape index (κ1) is 15.5. The molecule has 0 saturated heterocycles. The zero-order valence-electron chi connectivity index (χ0n) is 13.3. The summed E-state index contributed by atoms with van der Waals surface area (Å²) in [5.74, 6) is 0.776. The first-order valence-corrected chi connectivity index (χ1v) is 7.89. The highest BCUT2D eigenvalue weighted by molar-refractivity contribution is 6.34. The summed E-state index contributed by atoms with van der Waals surface area (Å²) in [6.07, 6.45) is 3.78. The van der Waals surface area contributed by atoms with Gasteiger partial charge in [-0.15, -0.1) is 0 Å². The highest BCUT2D eigenvalue weighted by Gasteiger charge is 2.32. The molecule has 2 atom stereocenters. The number of rotatable bonds is 3. The molecule has 20 heavy (non-hydrogen) atoms. The number of halogens is 1. The van der Waals surface area contributed by atoms with Crippen molar-refractivity contribution in [2.75, 3.05) is 24.3 Å². The molecule has 0 heterocycles. The number of benzene rings is 1. The molecule has 2 nitrogen and oxygen atoms in total. The normalized spacial score (nSPS) is 25.3. The molecule has 0 bridgehead atoms. The van der Waals surface area contributed by atoms with Crippen LogP contribution in [-0.4, -0.2) is 20.1 Å². The van der Waals surface area contributed by atoms with Gasteiger partial charge in [0.1, 0.15) is 0 Å². The average Bonchev–Trinajstić information content (AvgIpc) is 2.25. The van der Waals surface area contributed by atoms with Crippen LogP contribution in [-0.2, 0) is 0 Å². The van der Waals surface area contributed by atoms with Crippen molar-refractivity contribution in [3.05, 3.63) is 23.2 Å². The van der Waals surface area contributed by atoms with Crippen LogP contribution >= 0.6 is 11.6 Å². The van der Waals surface area contributed by atoms with E-state index in [-0.39, 0.29) is 0 Å². The zero-order valence-corrected chi connectivity index (χ0v) is 14.1. The van der Waals surface area contributed by atoms with Crippen molar-refractivity contribution in [2.24, 2.45) is 11.3 Å². The molecule has 3 heteroatoms. The van der Waals surface area contributed by atoms with Gasteiger partial charge in [0.05, 0.1) is 16.4 Å². The number of anilines is 2. The van der Waals surface area contributed by atoms with Gasteiger partial charge in [0.2, 0.25) is 0 Å². The Hall–Kier alpha value is -0.890. The van der Waals surface area contributed by atoms with Crippen LogP contribution in [0.25, 0.3) is 0 Å². The molecule has 0 aromatic heterocycles. The summed E-state index contributed by atoms with van der Waals surface area (Å²) in [4.78, 5) is 2.09. The Labute approximate surface area is 128 Å². The van der Waals surface area contributed by atoms with Crippen molar-refractivity contribution in [1.82, 2.24) is 0 Å². The third kappa shape index (κ3) is 3.60. The number of nitrogens with zero attached hydrogens (tertiary/aromatic N) is 1. The molecular formula is C17H27ClN2. The molecule has 1 aliphatic rings. The zero-order chi connectivity index (χ0) is 14.9. The van der Waals surface area contributed by atoms with Crippen LogP contribution in [0.4, 0.5) is 11.4 Å². The van der Waals surface area contributed by atoms with Crippen LogP contribution < -0.4 is 10.2 Å². The predicted octanol–water partition coefficient (Wildman–Crippen LogP) is 5.03. The summed E-state index contributed by atoms with van der Waals surface area (Å²) >= 11 is 6.35. The Kier molecular flexibility index (Phi) is 4.53. The molecule has 1 saturated carbocycles. The highest BCUT2D eigenvalue weighted by Crippen LogP contribution is 2.41. The van der Waals surface area contributed by atoms with Gasteiger partial charge in [0.25, 0.3) is 0 Å². The van der Waals surface area contributed by atoms with Crippen LogP contribution in [0.15, 0.2) is 18.2 Å². The Morgan fingerprint density at radius 1 is 1.25 bits per heavy atom. The Bertz CT molecular complexity index is 468. The minimum atomic E-state index is 0.423. The second-order valence-corrected chi connectivity index (χ2v) is 7.69. The number of hydrogen-bond acceptors (Lipinski definition) is 2. The largest absolute Gasteiger partial charge is 0.381 e. The van der Waals surface area contributed by atoms with E-state index in [1.54, 1.807) is 0 Å². The van der Waals surface area contributed by atoms with Crippen LogP contribution in [0.2, 0.25) is 5.02 Å². The third-order valence-electron chi connectivity index (χ3n) is 4.18. The van der Waals surface area contributed by atoms with E-state index in [1.165, 1.54) is 19.3 Å². The lowest BCUT2D eigenvalue weighted by Gasteiger charge is -2.40. The first-order chi connectivity index (χ1) is 9.28. The van der Waals surface area contributed by atoms with Crippen molar-refractivity contribution in [3.63, 3.8) is 0 Å². The van der Waals surface area contributed by atoms with E-state index in [2.05, 4.69) is 37.1 Å². The van der Waals surface area contributed by atoms with Gasteiger partial charge in [-0.3, -0.25) is 0 Å². The van der Waals surface area contributed by atoms with Gasteiger partial charge < -0.3 is 10.2 Å². The molecule has 1 fully saturated rings. The van der Waals surface area contributed by atoms with E-state index in [0.717, 1.165) is 22.3 Å². The van der Waals surface area contributed by atoms with E-state index in [4.69, 9.17) is 11.6 Å². The number of hydrogen-bond donors (Lipinski definition) is 1. The van der Waals surface area contributed by atoms with Crippen LogP contribution in [0, 0.1) is 11.3 Å². The monoisotopic (exact) mass is 294 g/mol. The minimum Gasteiger partial charge on any atom is -0.381 e. The quantitative estimate of drug-likeness (QED) is 0.841. The molecule has 0 radical (unpaired) electrons. The Morgan fingerprint density at radius 3 is 2.55 bits per heavy atom. The predicted molar refractivity (Wildman–Crippen MR) is 90.0 cm³/mol. The van der Waals surface area contributed by atoms with E-state index in [9.17, 15) is 0 Å². The van der Waals surface area contributed by atoms with Gasteiger partial charge in [-0.25, -0.2) is 0 Å². The molecule has 0 amide bonds. The molecule has 2 unspecified atom stereocenters. The SMILES string of the molecule is CC1CC(Nc2cccc(Cl)c2N(C)C)CC(C)(C)C1. The standard InChI is InChI=1S/C17H27ClN2/c1-12-9-13(11-17(2,3)10-12)19-15-8-6-7-14(18)16(15)20(4)5/h6-8,12-13,19H,9-11H2,1-5H3. The summed E-state index contributed by atoms with van der Waals surface area (Å²) in [7, 11) is 4.08. The van der Waals surface area contributed by atoms with Gasteiger partial charge in [0, 0.05) is 20.1 Å². The fraction of sp³-hybridized carbons (Fsp3) is 0.647. The topological polar surface area (TPSA) is 15.3 Å². The Balaban J connectivity index is 2.20. The van der Waals surface area contributed by atoms with E-state index in [1.807, 2.05) is 26.2 Å².